The van der Waals surface area contributed by atoms with Crippen LogP contribution in [-0.4, -0.2) is 24.4 Å². The van der Waals surface area contributed by atoms with E-state index in [0.717, 1.165) is 11.1 Å². The van der Waals surface area contributed by atoms with E-state index in [1.54, 1.807) is 24.5 Å². The van der Waals surface area contributed by atoms with Crippen LogP contribution in [-0.2, 0) is 16.6 Å². The zero-order chi connectivity index (χ0) is 16.3. The molecule has 25 heavy (non-hydrogen) atoms. The first-order chi connectivity index (χ1) is 11.1. The van der Waals surface area contributed by atoms with Crippen LogP contribution in [0.2, 0.25) is 0 Å². The van der Waals surface area contributed by atoms with Gasteiger partial charge in [0.1, 0.15) is 4.90 Å². The number of benzene rings is 1. The zero-order valence-corrected chi connectivity index (χ0v) is 15.9. The summed E-state index contributed by atoms with van der Waals surface area (Å²) in [6.07, 6.45) is 4.57. The molecule has 0 aliphatic rings. The highest BCUT2D eigenvalue weighted by Gasteiger charge is 2.21. The molecule has 5 nitrogen and oxygen atoms in total. The van der Waals surface area contributed by atoms with Gasteiger partial charge in [-0.15, -0.1) is 24.8 Å². The van der Waals surface area contributed by atoms with Gasteiger partial charge in [0, 0.05) is 25.1 Å². The molecule has 0 aliphatic carbocycles. The summed E-state index contributed by atoms with van der Waals surface area (Å²) in [5, 5.41) is 3.05. The fourth-order valence-corrected chi connectivity index (χ4v) is 3.79. The summed E-state index contributed by atoms with van der Waals surface area (Å²) in [6.45, 7) is 0.593. The predicted octanol–water partition coefficient (Wildman–Crippen LogP) is 3.35. The lowest BCUT2D eigenvalue weighted by atomic mass is 10.1. The van der Waals surface area contributed by atoms with Gasteiger partial charge in [-0.2, -0.15) is 0 Å². The SMILES string of the molecule is CNCc1cc(-c2ccccc2)n(S(=O)(=O)c2cccnc2)c1.Cl.Cl. The molecule has 0 amide bonds. The molecule has 134 valence electrons. The molecule has 0 bridgehead atoms. The second-order valence-corrected chi connectivity index (χ2v) is 6.93. The molecule has 0 fully saturated rings. The van der Waals surface area contributed by atoms with Crippen LogP contribution in [0.5, 0.6) is 0 Å². The second kappa shape index (κ2) is 9.01. The van der Waals surface area contributed by atoms with Crippen molar-refractivity contribution in [3.05, 3.63) is 72.7 Å². The molecule has 0 saturated carbocycles. The first-order valence-corrected chi connectivity index (χ1v) is 8.64. The van der Waals surface area contributed by atoms with Gasteiger partial charge < -0.3 is 5.32 Å². The molecule has 0 aliphatic heterocycles. The first-order valence-electron chi connectivity index (χ1n) is 7.20. The first kappa shape index (κ1) is 21.2. The van der Waals surface area contributed by atoms with Gasteiger partial charge >= 0.3 is 0 Å². The van der Waals surface area contributed by atoms with Crippen LogP contribution >= 0.6 is 24.8 Å². The summed E-state index contributed by atoms with van der Waals surface area (Å²) in [4.78, 5) is 4.09. The number of rotatable bonds is 5. The molecule has 8 heteroatoms. The van der Waals surface area contributed by atoms with Crippen LogP contribution in [0, 0.1) is 0 Å². The summed E-state index contributed by atoms with van der Waals surface area (Å²) in [5.74, 6) is 0. The molecular weight excluding hydrogens is 381 g/mol. The Bertz CT molecular complexity index is 898. The Morgan fingerprint density at radius 2 is 1.80 bits per heavy atom. The fourth-order valence-electron chi connectivity index (χ4n) is 2.43. The third-order valence-electron chi connectivity index (χ3n) is 3.48. The minimum atomic E-state index is -3.69. The normalized spacial score (nSPS) is 10.6. The molecular formula is C17H19Cl2N3O2S. The average molecular weight is 400 g/mol. The molecule has 1 aromatic carbocycles. The van der Waals surface area contributed by atoms with Crippen LogP contribution in [0.1, 0.15) is 5.56 Å². The number of hydrogen-bond donors (Lipinski definition) is 1. The average Bonchev–Trinajstić information content (AvgIpc) is 3.02. The standard InChI is InChI=1S/C17H17N3O2S.2ClH/c1-18-11-14-10-17(15-6-3-2-4-7-15)20(13-14)23(21,22)16-8-5-9-19-12-16;;/h2-10,12-13,18H,11H2,1H3;2*1H. The van der Waals surface area contributed by atoms with E-state index in [1.807, 2.05) is 43.4 Å². The van der Waals surface area contributed by atoms with Crippen molar-refractivity contribution in [2.75, 3.05) is 7.05 Å². The van der Waals surface area contributed by atoms with E-state index < -0.39 is 10.0 Å². The smallest absolute Gasteiger partial charge is 0.269 e. The van der Waals surface area contributed by atoms with E-state index in [-0.39, 0.29) is 29.7 Å². The molecule has 0 saturated heterocycles. The van der Waals surface area contributed by atoms with Crippen molar-refractivity contribution in [1.29, 1.82) is 0 Å². The fraction of sp³-hybridized carbons (Fsp3) is 0.118. The number of nitrogens with one attached hydrogen (secondary N) is 1. The predicted molar refractivity (Wildman–Crippen MR) is 104 cm³/mol. The van der Waals surface area contributed by atoms with Gasteiger partial charge in [0.25, 0.3) is 10.0 Å². The Morgan fingerprint density at radius 1 is 1.08 bits per heavy atom. The van der Waals surface area contributed by atoms with Gasteiger partial charge in [-0.05, 0) is 36.4 Å². The summed E-state index contributed by atoms with van der Waals surface area (Å²) in [5.41, 5.74) is 2.39. The molecule has 0 spiro atoms. The Labute approximate surface area is 160 Å². The molecule has 3 aromatic rings. The van der Waals surface area contributed by atoms with Crippen molar-refractivity contribution in [3.63, 3.8) is 0 Å². The number of pyridine rings is 1. The largest absolute Gasteiger partial charge is 0.316 e. The maximum absolute atomic E-state index is 12.9. The van der Waals surface area contributed by atoms with Gasteiger partial charge in [0.05, 0.1) is 5.69 Å². The minimum Gasteiger partial charge on any atom is -0.316 e. The van der Waals surface area contributed by atoms with Crippen molar-refractivity contribution < 1.29 is 8.42 Å². The maximum Gasteiger partial charge on any atom is 0.269 e. The van der Waals surface area contributed by atoms with Crippen molar-refractivity contribution in [2.24, 2.45) is 0 Å². The summed E-state index contributed by atoms with van der Waals surface area (Å²) >= 11 is 0. The van der Waals surface area contributed by atoms with Crippen molar-refractivity contribution >= 4 is 34.8 Å². The summed E-state index contributed by atoms with van der Waals surface area (Å²) in [7, 11) is -1.86. The van der Waals surface area contributed by atoms with Crippen LogP contribution in [0.4, 0.5) is 0 Å². The van der Waals surface area contributed by atoms with E-state index in [2.05, 4.69) is 10.3 Å². The van der Waals surface area contributed by atoms with Crippen molar-refractivity contribution in [2.45, 2.75) is 11.4 Å². The third kappa shape index (κ3) is 4.41. The lowest BCUT2D eigenvalue weighted by Crippen LogP contribution is -2.13. The van der Waals surface area contributed by atoms with Crippen LogP contribution < -0.4 is 5.32 Å². The minimum absolute atomic E-state index is 0. The summed E-state index contributed by atoms with van der Waals surface area (Å²) < 4.78 is 27.2. The highest BCUT2D eigenvalue weighted by atomic mass is 35.5. The number of aromatic nitrogens is 2. The Balaban J connectivity index is 0.00000156. The van der Waals surface area contributed by atoms with Gasteiger partial charge in [-0.1, -0.05) is 30.3 Å². The van der Waals surface area contributed by atoms with Gasteiger partial charge in [0.2, 0.25) is 0 Å². The highest BCUT2D eigenvalue weighted by Crippen LogP contribution is 2.26. The third-order valence-corrected chi connectivity index (χ3v) is 5.14. The number of halogens is 2. The van der Waals surface area contributed by atoms with Crippen LogP contribution in [0.3, 0.4) is 0 Å². The maximum atomic E-state index is 12.9. The molecule has 2 heterocycles. The topological polar surface area (TPSA) is 64.0 Å². The van der Waals surface area contributed by atoms with Crippen LogP contribution in [0.25, 0.3) is 11.3 Å². The molecule has 3 rings (SSSR count). The van der Waals surface area contributed by atoms with Gasteiger partial charge in [-0.3, -0.25) is 4.98 Å². The van der Waals surface area contributed by atoms with E-state index in [1.165, 1.54) is 10.2 Å². The monoisotopic (exact) mass is 399 g/mol. The Kier molecular flexibility index (Phi) is 7.63. The lowest BCUT2D eigenvalue weighted by molar-refractivity contribution is 0.587. The highest BCUT2D eigenvalue weighted by molar-refractivity contribution is 7.90. The molecule has 0 unspecified atom stereocenters. The molecule has 1 N–H and O–H groups in total. The summed E-state index contributed by atoms with van der Waals surface area (Å²) in [6, 6.07) is 14.5. The van der Waals surface area contributed by atoms with E-state index in [9.17, 15) is 8.42 Å². The van der Waals surface area contributed by atoms with E-state index >= 15 is 0 Å². The Hall–Kier alpha value is -1.86. The van der Waals surface area contributed by atoms with E-state index in [4.69, 9.17) is 0 Å². The number of nitrogens with zero attached hydrogens (tertiary/aromatic N) is 2. The Morgan fingerprint density at radius 3 is 2.40 bits per heavy atom. The van der Waals surface area contributed by atoms with E-state index in [0.29, 0.717) is 12.2 Å². The quantitative estimate of drug-likeness (QED) is 0.714. The van der Waals surface area contributed by atoms with Crippen LogP contribution in [0.15, 0.2) is 72.0 Å². The number of hydrogen-bond acceptors (Lipinski definition) is 4. The van der Waals surface area contributed by atoms with Crippen molar-refractivity contribution in [1.82, 2.24) is 14.3 Å². The molecule has 2 aromatic heterocycles. The molecule has 0 atom stereocenters. The second-order valence-electron chi connectivity index (χ2n) is 5.12. The zero-order valence-electron chi connectivity index (χ0n) is 13.5. The lowest BCUT2D eigenvalue weighted by Gasteiger charge is -2.10. The van der Waals surface area contributed by atoms with Crippen molar-refractivity contribution in [3.8, 4) is 11.3 Å². The molecule has 0 radical (unpaired) electrons. The van der Waals surface area contributed by atoms with Gasteiger partial charge in [0.15, 0.2) is 0 Å². The van der Waals surface area contributed by atoms with Gasteiger partial charge in [-0.25, -0.2) is 12.4 Å².